The van der Waals surface area contributed by atoms with Gasteiger partial charge in [-0.2, -0.15) is 13.2 Å². The minimum Gasteiger partial charge on any atom is -0.392 e. The minimum atomic E-state index is -4.66. The van der Waals surface area contributed by atoms with Crippen LogP contribution in [0.2, 0.25) is 5.02 Å². The summed E-state index contributed by atoms with van der Waals surface area (Å²) in [6, 6.07) is 8.50. The number of nitrogens with one attached hydrogen (secondary N) is 5. The molecule has 0 aliphatic carbocycles. The van der Waals surface area contributed by atoms with Crippen LogP contribution in [-0.2, 0) is 6.18 Å². The number of amides is 4. The fraction of sp³-hybridized carbons (Fsp3) is 0.208. The van der Waals surface area contributed by atoms with Crippen LogP contribution in [0.25, 0.3) is 11.3 Å². The van der Waals surface area contributed by atoms with E-state index in [4.69, 9.17) is 11.6 Å². The Bertz CT molecular complexity index is 1370. The number of urea groups is 2. The number of rotatable bonds is 6. The number of hydrogen-bond acceptors (Lipinski definition) is 5. The molecule has 1 atom stereocenters. The Kier molecular flexibility index (Phi) is 7.78. The Morgan fingerprint density at radius 1 is 1.11 bits per heavy atom. The monoisotopic (exact) mass is 549 g/mol. The number of alkyl halides is 3. The fourth-order valence-electron chi connectivity index (χ4n) is 3.81. The molecule has 0 bridgehead atoms. The van der Waals surface area contributed by atoms with Crippen LogP contribution in [0.5, 0.6) is 0 Å². The molecule has 0 radical (unpaired) electrons. The van der Waals surface area contributed by atoms with Gasteiger partial charge in [-0.15, -0.1) is 0 Å². The topological polar surface area (TPSA) is 132 Å². The maximum absolute atomic E-state index is 13.1. The second-order valence-corrected chi connectivity index (χ2v) is 8.51. The Morgan fingerprint density at radius 2 is 1.79 bits per heavy atom. The van der Waals surface area contributed by atoms with Gasteiger partial charge in [0.05, 0.1) is 22.9 Å². The molecule has 2 aromatic carbocycles. The Morgan fingerprint density at radius 3 is 2.45 bits per heavy atom. The van der Waals surface area contributed by atoms with Crippen LogP contribution in [-0.4, -0.2) is 39.9 Å². The van der Waals surface area contributed by atoms with E-state index in [2.05, 4.69) is 31.6 Å². The molecule has 0 fully saturated rings. The number of aromatic nitrogens is 2. The van der Waals surface area contributed by atoms with Crippen LogP contribution >= 0.6 is 11.6 Å². The van der Waals surface area contributed by atoms with E-state index in [1.54, 1.807) is 48.3 Å². The van der Waals surface area contributed by atoms with Gasteiger partial charge in [-0.05, 0) is 49.4 Å². The summed E-state index contributed by atoms with van der Waals surface area (Å²) in [5, 5.41) is 22.7. The molecule has 0 saturated heterocycles. The number of nitrogens with zero attached hydrogens (tertiary/aromatic N) is 2. The van der Waals surface area contributed by atoms with Crippen LogP contribution in [0.1, 0.15) is 30.0 Å². The van der Waals surface area contributed by atoms with Crippen LogP contribution in [0, 0.1) is 0 Å². The lowest BCUT2D eigenvalue weighted by atomic mass is 10.1. The van der Waals surface area contributed by atoms with Gasteiger partial charge in [0.15, 0.2) is 0 Å². The van der Waals surface area contributed by atoms with Gasteiger partial charge in [0, 0.05) is 35.4 Å². The zero-order chi connectivity index (χ0) is 27.4. The van der Waals surface area contributed by atoms with Crippen LogP contribution in [0.3, 0.4) is 0 Å². The van der Waals surface area contributed by atoms with Crippen molar-refractivity contribution < 1.29 is 27.9 Å². The lowest BCUT2D eigenvalue weighted by Gasteiger charge is -2.25. The highest BCUT2D eigenvalue weighted by Crippen LogP contribution is 2.36. The van der Waals surface area contributed by atoms with E-state index < -0.39 is 29.0 Å². The van der Waals surface area contributed by atoms with Gasteiger partial charge in [-0.25, -0.2) is 14.6 Å². The van der Waals surface area contributed by atoms with E-state index in [1.165, 1.54) is 6.07 Å². The van der Waals surface area contributed by atoms with Gasteiger partial charge in [0.2, 0.25) is 0 Å². The molecule has 4 rings (SSSR count). The number of carbonyl (C=O) groups is 2. The number of aliphatic hydroxyl groups is 1. The average molecular weight is 550 g/mol. The summed E-state index contributed by atoms with van der Waals surface area (Å²) in [7, 11) is 0. The molecule has 200 valence electrons. The molecular weight excluding hydrogens is 527 g/mol. The van der Waals surface area contributed by atoms with Crippen molar-refractivity contribution >= 4 is 40.6 Å². The molecule has 4 amide bonds. The van der Waals surface area contributed by atoms with Gasteiger partial charge in [-0.3, -0.25) is 4.57 Å². The van der Waals surface area contributed by atoms with Gasteiger partial charge in [0.25, 0.3) is 0 Å². The van der Waals surface area contributed by atoms with E-state index >= 15 is 0 Å². The van der Waals surface area contributed by atoms with Crippen molar-refractivity contribution in [3.63, 3.8) is 0 Å². The summed E-state index contributed by atoms with van der Waals surface area (Å²) in [6.45, 7) is 1.96. The molecule has 38 heavy (non-hydrogen) atoms. The molecule has 0 spiro atoms. The number of aliphatic hydroxyl groups excluding tert-OH is 1. The summed E-state index contributed by atoms with van der Waals surface area (Å²) >= 11 is 5.61. The predicted octanol–water partition coefficient (Wildman–Crippen LogP) is 4.44. The third-order valence-electron chi connectivity index (χ3n) is 5.51. The second-order valence-electron chi connectivity index (χ2n) is 8.10. The van der Waals surface area contributed by atoms with Crippen molar-refractivity contribution in [3.05, 3.63) is 77.0 Å². The highest BCUT2D eigenvalue weighted by atomic mass is 35.5. The molecule has 0 saturated carbocycles. The van der Waals surface area contributed by atoms with E-state index in [1.807, 2.05) is 0 Å². The van der Waals surface area contributed by atoms with Crippen molar-refractivity contribution in [2.45, 2.75) is 19.3 Å². The predicted molar refractivity (Wildman–Crippen MR) is 136 cm³/mol. The number of benzene rings is 2. The molecule has 3 aromatic rings. The maximum atomic E-state index is 13.1. The van der Waals surface area contributed by atoms with Crippen molar-refractivity contribution in [1.82, 2.24) is 25.5 Å². The molecule has 1 aliphatic heterocycles. The molecule has 6 N–H and O–H groups in total. The molecule has 10 nitrogen and oxygen atoms in total. The number of imidazole rings is 1. The first-order valence-corrected chi connectivity index (χ1v) is 11.7. The highest BCUT2D eigenvalue weighted by Gasteiger charge is 2.33. The summed E-state index contributed by atoms with van der Waals surface area (Å²) in [4.78, 5) is 28.8. The number of hydrogen-bond donors (Lipinski definition) is 6. The van der Waals surface area contributed by atoms with Gasteiger partial charge in [-0.1, -0.05) is 11.6 Å². The SMILES string of the molecule is CCNC(=O)NC1NC=C(CO)c2c1ncn2-c1ccc(NC(=O)Nc2ccc(Cl)c(C(F)(F)F)c2)cc1. The number of fused-ring (bicyclic) bond motifs is 1. The smallest absolute Gasteiger partial charge is 0.392 e. The summed E-state index contributed by atoms with van der Waals surface area (Å²) in [6.07, 6.45) is -2.14. The largest absolute Gasteiger partial charge is 0.417 e. The first-order valence-electron chi connectivity index (χ1n) is 11.3. The van der Waals surface area contributed by atoms with Crippen LogP contribution < -0.4 is 26.6 Å². The zero-order valence-corrected chi connectivity index (χ0v) is 20.6. The van der Waals surface area contributed by atoms with Crippen molar-refractivity contribution in [2.24, 2.45) is 0 Å². The summed E-state index contributed by atoms with van der Waals surface area (Å²) < 4.78 is 40.9. The number of carbonyl (C=O) groups excluding carboxylic acids is 2. The Labute approximate surface area is 219 Å². The van der Waals surface area contributed by atoms with Gasteiger partial charge >= 0.3 is 18.2 Å². The highest BCUT2D eigenvalue weighted by molar-refractivity contribution is 6.31. The average Bonchev–Trinajstić information content (AvgIpc) is 3.31. The number of anilines is 2. The Balaban J connectivity index is 1.49. The van der Waals surface area contributed by atoms with Gasteiger partial charge in [0.1, 0.15) is 18.2 Å². The van der Waals surface area contributed by atoms with Crippen molar-refractivity contribution in [2.75, 3.05) is 23.8 Å². The standard InChI is InChI=1S/C24H23ClF3N7O3/c1-2-29-22(37)34-21-19-20(13(11-36)10-30-21)35(12-31-19)16-6-3-14(4-7-16)32-23(38)33-15-5-8-18(25)17(9-15)24(26,27)28/h3-10,12,21,30,36H,2,11H2,1H3,(H2,29,34,37)(H2,32,33,38). The van der Waals surface area contributed by atoms with E-state index in [-0.39, 0.29) is 18.3 Å². The summed E-state index contributed by atoms with van der Waals surface area (Å²) in [5.74, 6) is 0. The Hall–Kier alpha value is -4.23. The van der Waals surface area contributed by atoms with E-state index in [9.17, 15) is 27.9 Å². The van der Waals surface area contributed by atoms with E-state index in [0.29, 0.717) is 34.9 Å². The van der Waals surface area contributed by atoms with Crippen molar-refractivity contribution in [3.8, 4) is 5.69 Å². The fourth-order valence-corrected chi connectivity index (χ4v) is 4.04. The zero-order valence-electron chi connectivity index (χ0n) is 19.9. The molecular formula is C24H23ClF3N7O3. The molecule has 14 heteroatoms. The third kappa shape index (κ3) is 5.84. The van der Waals surface area contributed by atoms with Crippen molar-refractivity contribution in [1.29, 1.82) is 0 Å². The molecule has 1 unspecified atom stereocenters. The molecule has 2 heterocycles. The second kappa shape index (κ2) is 11.0. The van der Waals surface area contributed by atoms with Crippen LogP contribution in [0.15, 0.2) is 55.0 Å². The lowest BCUT2D eigenvalue weighted by Crippen LogP contribution is -2.43. The maximum Gasteiger partial charge on any atom is 0.417 e. The van der Waals surface area contributed by atoms with Crippen LogP contribution in [0.4, 0.5) is 34.1 Å². The quantitative estimate of drug-likeness (QED) is 0.270. The third-order valence-corrected chi connectivity index (χ3v) is 5.84. The lowest BCUT2D eigenvalue weighted by molar-refractivity contribution is -0.137. The first-order chi connectivity index (χ1) is 18.1. The first kappa shape index (κ1) is 26.8. The minimum absolute atomic E-state index is 0.0754. The van der Waals surface area contributed by atoms with E-state index in [0.717, 1.165) is 12.1 Å². The molecule has 1 aromatic heterocycles. The normalized spacial score (nSPS) is 14.6. The summed E-state index contributed by atoms with van der Waals surface area (Å²) in [5.41, 5.74) is 1.54. The molecule has 1 aliphatic rings. The number of halogens is 4. The van der Waals surface area contributed by atoms with Gasteiger partial charge < -0.3 is 31.7 Å².